The van der Waals surface area contributed by atoms with Gasteiger partial charge in [-0.25, -0.2) is 19.7 Å². The second-order valence-electron chi connectivity index (χ2n) is 7.94. The molecule has 1 saturated heterocycles. The van der Waals surface area contributed by atoms with Crippen LogP contribution in [0.4, 0.5) is 10.7 Å². The summed E-state index contributed by atoms with van der Waals surface area (Å²) in [5.41, 5.74) is -0.726. The van der Waals surface area contributed by atoms with Gasteiger partial charge in [-0.05, 0) is 48.5 Å². The van der Waals surface area contributed by atoms with Crippen LogP contribution in [-0.2, 0) is 14.0 Å². The molecule has 0 N–H and O–H groups in total. The Morgan fingerprint density at radius 1 is 1.12 bits per heavy atom. The zero-order valence-corrected chi connectivity index (χ0v) is 15.7. The lowest BCUT2D eigenvalue weighted by Gasteiger charge is -2.32. The molecule has 1 aliphatic rings. The van der Waals surface area contributed by atoms with Crippen LogP contribution in [0.5, 0.6) is 0 Å². The van der Waals surface area contributed by atoms with Gasteiger partial charge in [-0.2, -0.15) is 0 Å². The maximum atomic E-state index is 12.0. The van der Waals surface area contributed by atoms with Crippen LogP contribution in [0.15, 0.2) is 12.4 Å². The Morgan fingerprint density at radius 3 is 2.00 bits per heavy atom. The van der Waals surface area contributed by atoms with Crippen molar-refractivity contribution in [1.82, 2.24) is 9.97 Å². The molecule has 0 radical (unpaired) electrons. The number of anilines is 1. The molecule has 132 valence electrons. The molecule has 0 aromatic carbocycles. The van der Waals surface area contributed by atoms with E-state index in [1.807, 2.05) is 27.7 Å². The highest BCUT2D eigenvalue weighted by Gasteiger charge is 2.52. The van der Waals surface area contributed by atoms with Gasteiger partial charge in [0.15, 0.2) is 0 Å². The molecule has 0 bridgehead atoms. The van der Waals surface area contributed by atoms with Gasteiger partial charge in [0.05, 0.1) is 11.2 Å². The zero-order valence-electron chi connectivity index (χ0n) is 15.7. The van der Waals surface area contributed by atoms with E-state index in [2.05, 4.69) is 9.97 Å². The molecule has 2 rings (SSSR count). The molecule has 0 aliphatic carbocycles. The molecule has 1 aliphatic heterocycles. The maximum absolute atomic E-state index is 12.0. The van der Waals surface area contributed by atoms with Gasteiger partial charge in [-0.15, -0.1) is 0 Å². The van der Waals surface area contributed by atoms with E-state index in [0.717, 1.165) is 0 Å². The third-order valence-electron chi connectivity index (χ3n) is 4.15. The van der Waals surface area contributed by atoms with Crippen molar-refractivity contribution in [3.8, 4) is 0 Å². The Hall–Kier alpha value is -1.67. The molecule has 1 fully saturated rings. The summed E-state index contributed by atoms with van der Waals surface area (Å²) >= 11 is 0. The van der Waals surface area contributed by atoms with Gasteiger partial charge in [0.2, 0.25) is 5.95 Å². The quantitative estimate of drug-likeness (QED) is 0.771. The first-order valence-corrected chi connectivity index (χ1v) is 7.97. The number of hydrogen-bond donors (Lipinski definition) is 0. The highest BCUT2D eigenvalue weighted by molar-refractivity contribution is 6.61. The summed E-state index contributed by atoms with van der Waals surface area (Å²) in [6, 6.07) is 0. The predicted molar refractivity (Wildman–Crippen MR) is 92.4 cm³/mol. The van der Waals surface area contributed by atoms with Gasteiger partial charge >= 0.3 is 13.2 Å². The van der Waals surface area contributed by atoms with E-state index in [0.29, 0.717) is 5.46 Å². The molecule has 24 heavy (non-hydrogen) atoms. The molecule has 8 heteroatoms. The largest absolute Gasteiger partial charge is 0.498 e. The fourth-order valence-corrected chi connectivity index (χ4v) is 2.02. The maximum Gasteiger partial charge on any atom is 0.498 e. The van der Waals surface area contributed by atoms with Crippen LogP contribution in [0.25, 0.3) is 0 Å². The monoisotopic (exact) mass is 335 g/mol. The van der Waals surface area contributed by atoms with Gasteiger partial charge in [-0.3, -0.25) is 0 Å². The molecular formula is C16H26BN3O4. The number of carbonyl (C=O) groups is 1. The van der Waals surface area contributed by atoms with Crippen LogP contribution in [0, 0.1) is 0 Å². The van der Waals surface area contributed by atoms with Crippen molar-refractivity contribution in [2.45, 2.75) is 65.3 Å². The summed E-state index contributed by atoms with van der Waals surface area (Å²) in [5.74, 6) is 0.254. The summed E-state index contributed by atoms with van der Waals surface area (Å²) in [6.45, 7) is 13.4. The molecule has 2 heterocycles. The first-order valence-electron chi connectivity index (χ1n) is 7.97. The molecule has 0 saturated carbocycles. The van der Waals surface area contributed by atoms with Crippen LogP contribution in [0.2, 0.25) is 0 Å². The lowest BCUT2D eigenvalue weighted by atomic mass is 9.81. The minimum Gasteiger partial charge on any atom is -0.443 e. The van der Waals surface area contributed by atoms with Crippen molar-refractivity contribution in [3.05, 3.63) is 12.4 Å². The van der Waals surface area contributed by atoms with Crippen molar-refractivity contribution in [2.24, 2.45) is 0 Å². The van der Waals surface area contributed by atoms with E-state index in [-0.39, 0.29) is 5.95 Å². The van der Waals surface area contributed by atoms with Crippen LogP contribution in [0.1, 0.15) is 48.5 Å². The number of aromatic nitrogens is 2. The Morgan fingerprint density at radius 2 is 1.58 bits per heavy atom. The number of amides is 1. The standard InChI is InChI=1S/C16H26BN3O4/c1-14(2,3)22-13(21)20(8)12-18-9-11(10-19-12)17-23-15(4,5)16(6,7)24-17/h9-10H,1-8H3. The smallest absolute Gasteiger partial charge is 0.443 e. The minimum absolute atomic E-state index is 0.254. The lowest BCUT2D eigenvalue weighted by molar-refractivity contribution is 0.00578. The van der Waals surface area contributed by atoms with Crippen LogP contribution in [-0.4, -0.2) is 47.0 Å². The summed E-state index contributed by atoms with van der Waals surface area (Å²) < 4.78 is 17.2. The highest BCUT2D eigenvalue weighted by atomic mass is 16.7. The molecule has 1 aromatic heterocycles. The van der Waals surface area contributed by atoms with E-state index >= 15 is 0 Å². The van der Waals surface area contributed by atoms with Gasteiger partial charge < -0.3 is 14.0 Å². The Labute approximate surface area is 143 Å². The van der Waals surface area contributed by atoms with Crippen molar-refractivity contribution >= 4 is 24.6 Å². The van der Waals surface area contributed by atoms with Gasteiger partial charge in [-0.1, -0.05) is 0 Å². The summed E-state index contributed by atoms with van der Waals surface area (Å²) in [5, 5.41) is 0. The van der Waals surface area contributed by atoms with Crippen molar-refractivity contribution in [2.75, 3.05) is 11.9 Å². The molecule has 0 atom stereocenters. The van der Waals surface area contributed by atoms with Gasteiger partial charge in [0.1, 0.15) is 5.60 Å². The zero-order chi connectivity index (χ0) is 18.3. The van der Waals surface area contributed by atoms with Crippen molar-refractivity contribution in [1.29, 1.82) is 0 Å². The molecule has 0 unspecified atom stereocenters. The van der Waals surface area contributed by atoms with Gasteiger partial charge in [0.25, 0.3) is 0 Å². The normalized spacial score (nSPS) is 19.2. The summed E-state index contributed by atoms with van der Waals surface area (Å²) in [7, 11) is 1.04. The average Bonchev–Trinajstić information content (AvgIpc) is 2.65. The molecule has 0 spiro atoms. The number of hydrogen-bond acceptors (Lipinski definition) is 6. The predicted octanol–water partition coefficient (Wildman–Crippen LogP) is 2.15. The first kappa shape index (κ1) is 18.7. The molecule has 7 nitrogen and oxygen atoms in total. The number of carbonyl (C=O) groups excluding carboxylic acids is 1. The fraction of sp³-hybridized carbons (Fsp3) is 0.688. The van der Waals surface area contributed by atoms with E-state index in [1.54, 1.807) is 40.2 Å². The summed E-state index contributed by atoms with van der Waals surface area (Å²) in [6.07, 6.45) is 2.70. The Balaban J connectivity index is 2.10. The molecular weight excluding hydrogens is 309 g/mol. The Bertz CT molecular complexity index is 595. The van der Waals surface area contributed by atoms with E-state index in [4.69, 9.17) is 14.0 Å². The summed E-state index contributed by atoms with van der Waals surface area (Å²) in [4.78, 5) is 21.8. The van der Waals surface area contributed by atoms with E-state index in [9.17, 15) is 4.79 Å². The number of ether oxygens (including phenoxy) is 1. The topological polar surface area (TPSA) is 73.8 Å². The minimum atomic E-state index is -0.575. The SMILES string of the molecule is CN(C(=O)OC(C)(C)C)c1ncc(B2OC(C)(C)C(C)(C)O2)cn1. The third kappa shape index (κ3) is 3.87. The second-order valence-corrected chi connectivity index (χ2v) is 7.94. The van der Waals surface area contributed by atoms with Crippen molar-refractivity contribution in [3.63, 3.8) is 0 Å². The second kappa shape index (κ2) is 6.00. The van der Waals surface area contributed by atoms with Gasteiger partial charge in [0, 0.05) is 24.9 Å². The van der Waals surface area contributed by atoms with Crippen LogP contribution < -0.4 is 10.4 Å². The van der Waals surface area contributed by atoms with Crippen LogP contribution >= 0.6 is 0 Å². The number of rotatable bonds is 2. The van der Waals surface area contributed by atoms with E-state index in [1.165, 1.54) is 4.90 Å². The highest BCUT2D eigenvalue weighted by Crippen LogP contribution is 2.36. The fourth-order valence-electron chi connectivity index (χ4n) is 2.02. The molecule has 1 amide bonds. The molecule has 1 aromatic rings. The number of nitrogens with zero attached hydrogens (tertiary/aromatic N) is 3. The third-order valence-corrected chi connectivity index (χ3v) is 4.15. The first-order chi connectivity index (χ1) is 10.8. The van der Waals surface area contributed by atoms with Crippen molar-refractivity contribution < 1.29 is 18.8 Å². The van der Waals surface area contributed by atoms with E-state index < -0.39 is 30.0 Å². The average molecular weight is 335 g/mol. The Kier molecular flexibility index (Phi) is 4.67. The van der Waals surface area contributed by atoms with Crippen LogP contribution in [0.3, 0.4) is 0 Å². The lowest BCUT2D eigenvalue weighted by Crippen LogP contribution is -2.41.